The Labute approximate surface area is 184 Å². The molecule has 0 aliphatic carbocycles. The lowest BCUT2D eigenvalue weighted by Gasteiger charge is -2.36. The summed E-state index contributed by atoms with van der Waals surface area (Å²) in [5, 5.41) is 6.78. The number of fused-ring (bicyclic) bond motifs is 4. The van der Waals surface area contributed by atoms with Crippen molar-refractivity contribution in [3.63, 3.8) is 0 Å². The van der Waals surface area contributed by atoms with Gasteiger partial charge >= 0.3 is 0 Å². The van der Waals surface area contributed by atoms with E-state index in [4.69, 9.17) is 0 Å². The van der Waals surface area contributed by atoms with E-state index in [9.17, 15) is 4.79 Å². The number of anilines is 1. The van der Waals surface area contributed by atoms with Crippen molar-refractivity contribution < 1.29 is 0 Å². The zero-order valence-electron chi connectivity index (χ0n) is 17.4. The maximum atomic E-state index is 13.1. The van der Waals surface area contributed by atoms with Crippen LogP contribution in [0.25, 0.3) is 21.0 Å². The Morgan fingerprint density at radius 1 is 0.968 bits per heavy atom. The third-order valence-corrected chi connectivity index (χ3v) is 7.73. The molecule has 0 unspecified atom stereocenters. The summed E-state index contributed by atoms with van der Waals surface area (Å²) < 4.78 is 1.80. The van der Waals surface area contributed by atoms with Crippen LogP contribution in [0.3, 0.4) is 0 Å². The van der Waals surface area contributed by atoms with Crippen LogP contribution in [0, 0.1) is 0 Å². The molecule has 0 radical (unpaired) electrons. The molecule has 0 amide bonds. The average Bonchev–Trinajstić information content (AvgIpc) is 3.40. The number of piperazine rings is 1. The average molecular weight is 432 g/mol. The summed E-state index contributed by atoms with van der Waals surface area (Å²) in [6, 6.07) is 15.2. The summed E-state index contributed by atoms with van der Waals surface area (Å²) in [6.45, 7) is 7.23. The Morgan fingerprint density at radius 2 is 1.81 bits per heavy atom. The second-order valence-electron chi connectivity index (χ2n) is 8.36. The predicted octanol–water partition coefficient (Wildman–Crippen LogP) is 3.04. The lowest BCUT2D eigenvalue weighted by atomic mass is 10.1. The van der Waals surface area contributed by atoms with Crippen LogP contribution < -0.4 is 15.8 Å². The smallest absolute Gasteiger partial charge is 0.262 e. The summed E-state index contributed by atoms with van der Waals surface area (Å²) in [5.74, 6) is 0. The van der Waals surface area contributed by atoms with Gasteiger partial charge in [-0.2, -0.15) is 0 Å². The van der Waals surface area contributed by atoms with Crippen molar-refractivity contribution in [3.05, 3.63) is 69.6 Å². The minimum atomic E-state index is 0.112. The van der Waals surface area contributed by atoms with E-state index in [1.165, 1.54) is 21.3 Å². The maximum absolute atomic E-state index is 13.1. The fraction of sp³-hybridized carbons (Fsp3) is 0.333. The topological polar surface area (TPSA) is 53.4 Å². The zero-order valence-corrected chi connectivity index (χ0v) is 18.2. The molecule has 2 aliphatic heterocycles. The normalized spacial score (nSPS) is 17.0. The first-order valence-electron chi connectivity index (χ1n) is 10.9. The van der Waals surface area contributed by atoms with Crippen LogP contribution in [0.1, 0.15) is 10.4 Å². The molecule has 0 bridgehead atoms. The Bertz CT molecular complexity index is 1310. The van der Waals surface area contributed by atoms with Gasteiger partial charge in [0.25, 0.3) is 5.56 Å². The van der Waals surface area contributed by atoms with Crippen LogP contribution in [0.15, 0.2) is 53.6 Å². The minimum absolute atomic E-state index is 0.112. The van der Waals surface area contributed by atoms with Gasteiger partial charge in [0.1, 0.15) is 4.83 Å². The number of nitrogens with one attached hydrogen (secondary N) is 1. The van der Waals surface area contributed by atoms with E-state index in [1.807, 2.05) is 0 Å². The SMILES string of the molecule is O=c1c2c3c(sc2ncn1CCN1CCN(c2cccc4ccccc24)CC1)CNC3. The molecule has 6 rings (SSSR count). The fourth-order valence-electron chi connectivity index (χ4n) is 4.86. The fourth-order valence-corrected chi connectivity index (χ4v) is 5.98. The monoisotopic (exact) mass is 431 g/mol. The lowest BCUT2D eigenvalue weighted by Crippen LogP contribution is -2.47. The van der Waals surface area contributed by atoms with E-state index >= 15 is 0 Å². The molecule has 1 fully saturated rings. The van der Waals surface area contributed by atoms with Crippen LogP contribution in [0.2, 0.25) is 0 Å². The first-order chi connectivity index (χ1) is 15.3. The number of rotatable bonds is 4. The number of nitrogens with zero attached hydrogens (tertiary/aromatic N) is 4. The second-order valence-corrected chi connectivity index (χ2v) is 9.44. The van der Waals surface area contributed by atoms with E-state index in [1.54, 1.807) is 22.2 Å². The molecule has 0 spiro atoms. The van der Waals surface area contributed by atoms with Gasteiger partial charge in [-0.1, -0.05) is 36.4 Å². The van der Waals surface area contributed by atoms with Gasteiger partial charge in [0.15, 0.2) is 0 Å². The summed E-state index contributed by atoms with van der Waals surface area (Å²) >= 11 is 1.65. The molecule has 31 heavy (non-hydrogen) atoms. The first kappa shape index (κ1) is 19.0. The molecular weight excluding hydrogens is 406 g/mol. The molecule has 6 nitrogen and oxygen atoms in total. The molecule has 7 heteroatoms. The van der Waals surface area contributed by atoms with Gasteiger partial charge in [0.2, 0.25) is 0 Å². The third kappa shape index (κ3) is 3.33. The van der Waals surface area contributed by atoms with Crippen molar-refractivity contribution in [1.82, 2.24) is 19.8 Å². The number of aromatic nitrogens is 2. The van der Waals surface area contributed by atoms with Gasteiger partial charge in [-0.3, -0.25) is 14.3 Å². The van der Waals surface area contributed by atoms with Crippen LogP contribution in [0.5, 0.6) is 0 Å². The van der Waals surface area contributed by atoms with Crippen molar-refractivity contribution in [2.75, 3.05) is 37.6 Å². The molecular formula is C24H25N5OS. The molecule has 2 aliphatic rings. The standard InChI is InChI=1S/C24H25N5OS/c30-24-22-19-14-25-15-21(19)31-23(22)26-16-29(24)13-10-27-8-11-28(12-9-27)20-7-3-5-17-4-1-2-6-18(17)20/h1-7,16,25H,8-15H2. The molecule has 4 aromatic rings. The molecule has 0 saturated carbocycles. The summed E-state index contributed by atoms with van der Waals surface area (Å²) in [5.41, 5.74) is 2.60. The van der Waals surface area contributed by atoms with Gasteiger partial charge < -0.3 is 10.2 Å². The Hall–Kier alpha value is -2.74. The second kappa shape index (κ2) is 7.75. The maximum Gasteiger partial charge on any atom is 0.262 e. The van der Waals surface area contributed by atoms with E-state index in [0.717, 1.165) is 61.6 Å². The highest BCUT2D eigenvalue weighted by Crippen LogP contribution is 2.30. The highest BCUT2D eigenvalue weighted by atomic mass is 32.1. The molecule has 158 valence electrons. The van der Waals surface area contributed by atoms with Crippen LogP contribution >= 0.6 is 11.3 Å². The molecule has 2 aromatic carbocycles. The van der Waals surface area contributed by atoms with E-state index in [-0.39, 0.29) is 5.56 Å². The quantitative estimate of drug-likeness (QED) is 0.538. The summed E-state index contributed by atoms with van der Waals surface area (Å²) in [7, 11) is 0. The summed E-state index contributed by atoms with van der Waals surface area (Å²) in [4.78, 5) is 24.7. The Morgan fingerprint density at radius 3 is 2.71 bits per heavy atom. The third-order valence-electron chi connectivity index (χ3n) is 6.59. The number of hydrogen-bond donors (Lipinski definition) is 1. The molecule has 0 atom stereocenters. The highest BCUT2D eigenvalue weighted by molar-refractivity contribution is 7.18. The first-order valence-corrected chi connectivity index (χ1v) is 11.7. The van der Waals surface area contributed by atoms with E-state index in [2.05, 4.69) is 62.6 Å². The number of hydrogen-bond acceptors (Lipinski definition) is 6. The molecule has 1 N–H and O–H groups in total. The molecule has 1 saturated heterocycles. The van der Waals surface area contributed by atoms with Crippen LogP contribution in [-0.2, 0) is 19.6 Å². The summed E-state index contributed by atoms with van der Waals surface area (Å²) in [6.07, 6.45) is 1.73. The van der Waals surface area contributed by atoms with Gasteiger partial charge in [0, 0.05) is 68.3 Å². The molecule has 4 heterocycles. The van der Waals surface area contributed by atoms with E-state index in [0.29, 0.717) is 6.54 Å². The number of thiophene rings is 1. The predicted molar refractivity (Wildman–Crippen MR) is 127 cm³/mol. The van der Waals surface area contributed by atoms with Crippen LogP contribution in [0.4, 0.5) is 5.69 Å². The van der Waals surface area contributed by atoms with Crippen molar-refractivity contribution in [2.24, 2.45) is 0 Å². The van der Waals surface area contributed by atoms with Crippen molar-refractivity contribution in [2.45, 2.75) is 19.6 Å². The zero-order chi connectivity index (χ0) is 20.8. The van der Waals surface area contributed by atoms with E-state index < -0.39 is 0 Å². The van der Waals surface area contributed by atoms with Crippen molar-refractivity contribution in [3.8, 4) is 0 Å². The van der Waals surface area contributed by atoms with Crippen molar-refractivity contribution in [1.29, 1.82) is 0 Å². The Kier molecular flexibility index (Phi) is 4.74. The van der Waals surface area contributed by atoms with Gasteiger partial charge in [-0.15, -0.1) is 11.3 Å². The van der Waals surface area contributed by atoms with Gasteiger partial charge in [-0.25, -0.2) is 4.98 Å². The largest absolute Gasteiger partial charge is 0.368 e. The van der Waals surface area contributed by atoms with Crippen molar-refractivity contribution >= 4 is 38.0 Å². The molecule has 2 aromatic heterocycles. The minimum Gasteiger partial charge on any atom is -0.368 e. The van der Waals surface area contributed by atoms with Gasteiger partial charge in [-0.05, 0) is 17.0 Å². The number of benzene rings is 2. The lowest BCUT2D eigenvalue weighted by molar-refractivity contribution is 0.247. The Balaban J connectivity index is 1.14. The van der Waals surface area contributed by atoms with Gasteiger partial charge in [0.05, 0.1) is 11.7 Å². The highest BCUT2D eigenvalue weighted by Gasteiger charge is 2.22. The van der Waals surface area contributed by atoms with Crippen LogP contribution in [-0.4, -0.2) is 47.2 Å².